The maximum atomic E-state index is 5.59. The predicted octanol–water partition coefficient (Wildman–Crippen LogP) is 4.07. The van der Waals surface area contributed by atoms with Crippen molar-refractivity contribution in [2.45, 2.75) is 83.2 Å². The molecular formula is C21H34N6S. The number of piperidine rings is 1. The van der Waals surface area contributed by atoms with Crippen LogP contribution in [0.5, 0.6) is 0 Å². The van der Waals surface area contributed by atoms with Crippen LogP contribution in [0.1, 0.15) is 71.1 Å². The monoisotopic (exact) mass is 402 g/mol. The largest absolute Gasteiger partial charge is 0.360 e. The standard InChI is InChI=1S/C21H34N6S/c1-16-9-5-6-14-27(16)19-15-18(26-12-7-8-13-26)23-20(24-19)25-21(28)22-17-10-3-2-4-11-17/h15-17H,2-14H2,1H3,(H2,22,23,24,25,28)/t16-/m0/s1. The van der Waals surface area contributed by atoms with Crippen LogP contribution in [0.15, 0.2) is 6.07 Å². The van der Waals surface area contributed by atoms with E-state index in [1.165, 1.54) is 64.2 Å². The van der Waals surface area contributed by atoms with Gasteiger partial charge in [0.1, 0.15) is 11.6 Å². The first-order valence-electron chi connectivity index (χ1n) is 11.2. The Kier molecular flexibility index (Phi) is 6.50. The highest BCUT2D eigenvalue weighted by atomic mass is 32.1. The summed E-state index contributed by atoms with van der Waals surface area (Å²) < 4.78 is 0. The smallest absolute Gasteiger partial charge is 0.232 e. The number of nitrogens with one attached hydrogen (secondary N) is 2. The van der Waals surface area contributed by atoms with E-state index in [2.05, 4.69) is 33.4 Å². The lowest BCUT2D eigenvalue weighted by molar-refractivity contribution is 0.414. The summed E-state index contributed by atoms with van der Waals surface area (Å²) in [6, 6.07) is 3.18. The number of anilines is 3. The minimum absolute atomic E-state index is 0.483. The van der Waals surface area contributed by atoms with Gasteiger partial charge in [-0.05, 0) is 64.1 Å². The molecule has 2 saturated heterocycles. The van der Waals surface area contributed by atoms with Gasteiger partial charge in [-0.3, -0.25) is 0 Å². The molecule has 2 N–H and O–H groups in total. The van der Waals surface area contributed by atoms with Crippen LogP contribution < -0.4 is 20.4 Å². The van der Waals surface area contributed by atoms with Crippen LogP contribution in [-0.2, 0) is 0 Å². The van der Waals surface area contributed by atoms with E-state index < -0.39 is 0 Å². The third kappa shape index (κ3) is 4.85. The number of nitrogens with zero attached hydrogens (tertiary/aromatic N) is 4. The highest BCUT2D eigenvalue weighted by Crippen LogP contribution is 2.28. The van der Waals surface area contributed by atoms with Crippen molar-refractivity contribution in [1.29, 1.82) is 0 Å². The van der Waals surface area contributed by atoms with Crippen molar-refractivity contribution in [3.63, 3.8) is 0 Å². The Balaban J connectivity index is 1.51. The predicted molar refractivity (Wildman–Crippen MR) is 120 cm³/mol. The molecule has 3 heterocycles. The molecule has 1 aromatic heterocycles. The quantitative estimate of drug-likeness (QED) is 0.736. The summed E-state index contributed by atoms with van der Waals surface area (Å²) in [4.78, 5) is 14.5. The van der Waals surface area contributed by atoms with Gasteiger partial charge in [0.25, 0.3) is 0 Å². The highest BCUT2D eigenvalue weighted by Gasteiger charge is 2.23. The summed E-state index contributed by atoms with van der Waals surface area (Å²) in [5.41, 5.74) is 0. The van der Waals surface area contributed by atoms with Gasteiger partial charge in [-0.25, -0.2) is 0 Å². The molecule has 0 aromatic carbocycles. The number of aromatic nitrogens is 2. The molecule has 7 heteroatoms. The van der Waals surface area contributed by atoms with Gasteiger partial charge < -0.3 is 20.4 Å². The summed E-state index contributed by atoms with van der Waals surface area (Å²) in [6.07, 6.45) is 12.6. The van der Waals surface area contributed by atoms with Crippen molar-refractivity contribution in [2.24, 2.45) is 0 Å². The number of hydrogen-bond acceptors (Lipinski definition) is 5. The van der Waals surface area contributed by atoms with Crippen molar-refractivity contribution in [3.05, 3.63) is 6.07 Å². The van der Waals surface area contributed by atoms with Gasteiger partial charge in [-0.2, -0.15) is 9.97 Å². The van der Waals surface area contributed by atoms with E-state index in [0.29, 0.717) is 23.1 Å². The molecule has 3 fully saturated rings. The Labute approximate surface area is 174 Å². The lowest BCUT2D eigenvalue weighted by Gasteiger charge is -2.35. The van der Waals surface area contributed by atoms with Crippen LogP contribution in [0.3, 0.4) is 0 Å². The average molecular weight is 403 g/mol. The average Bonchev–Trinajstić information content (AvgIpc) is 3.24. The zero-order valence-electron chi connectivity index (χ0n) is 17.1. The fourth-order valence-corrected chi connectivity index (χ4v) is 5.00. The fraction of sp³-hybridized carbons (Fsp3) is 0.762. The van der Waals surface area contributed by atoms with Crippen molar-refractivity contribution in [1.82, 2.24) is 15.3 Å². The van der Waals surface area contributed by atoms with Gasteiger partial charge in [-0.1, -0.05) is 19.3 Å². The van der Waals surface area contributed by atoms with E-state index in [0.717, 1.165) is 31.3 Å². The Morgan fingerprint density at radius 1 is 0.929 bits per heavy atom. The second-order valence-electron chi connectivity index (χ2n) is 8.57. The molecule has 2 aliphatic heterocycles. The lowest BCUT2D eigenvalue weighted by Crippen LogP contribution is -2.40. The van der Waals surface area contributed by atoms with Crippen molar-refractivity contribution >= 4 is 34.9 Å². The van der Waals surface area contributed by atoms with E-state index in [1.54, 1.807) is 0 Å². The van der Waals surface area contributed by atoms with E-state index >= 15 is 0 Å². The van der Waals surface area contributed by atoms with Crippen LogP contribution in [-0.4, -0.2) is 46.8 Å². The van der Waals surface area contributed by atoms with E-state index in [-0.39, 0.29) is 0 Å². The number of rotatable bonds is 4. The summed E-state index contributed by atoms with van der Waals surface area (Å²) in [6.45, 7) is 5.54. The van der Waals surface area contributed by atoms with Crippen LogP contribution in [0, 0.1) is 0 Å². The Morgan fingerprint density at radius 3 is 2.36 bits per heavy atom. The van der Waals surface area contributed by atoms with E-state index in [9.17, 15) is 0 Å². The van der Waals surface area contributed by atoms with Crippen LogP contribution in [0.2, 0.25) is 0 Å². The molecule has 1 atom stereocenters. The van der Waals surface area contributed by atoms with Gasteiger partial charge in [0, 0.05) is 37.8 Å². The molecule has 6 nitrogen and oxygen atoms in total. The fourth-order valence-electron chi connectivity index (χ4n) is 4.74. The Morgan fingerprint density at radius 2 is 1.61 bits per heavy atom. The Hall–Kier alpha value is -1.63. The van der Waals surface area contributed by atoms with E-state index in [1.807, 2.05) is 0 Å². The van der Waals surface area contributed by atoms with Crippen molar-refractivity contribution in [2.75, 3.05) is 34.8 Å². The highest BCUT2D eigenvalue weighted by molar-refractivity contribution is 7.80. The summed E-state index contributed by atoms with van der Waals surface area (Å²) in [5, 5.41) is 7.43. The lowest BCUT2D eigenvalue weighted by atomic mass is 9.96. The SMILES string of the molecule is C[C@H]1CCCCN1c1cc(N2CCCC2)nc(NC(=S)NC2CCCCC2)n1. The summed E-state index contributed by atoms with van der Waals surface area (Å²) in [5.74, 6) is 2.70. The molecule has 0 spiro atoms. The van der Waals surface area contributed by atoms with E-state index in [4.69, 9.17) is 22.2 Å². The van der Waals surface area contributed by atoms with Crippen LogP contribution >= 0.6 is 12.2 Å². The maximum Gasteiger partial charge on any atom is 0.232 e. The second-order valence-corrected chi connectivity index (χ2v) is 8.98. The molecule has 154 valence electrons. The number of hydrogen-bond donors (Lipinski definition) is 2. The molecule has 0 radical (unpaired) electrons. The van der Waals surface area contributed by atoms with Crippen LogP contribution in [0.25, 0.3) is 0 Å². The molecular weight excluding hydrogens is 368 g/mol. The molecule has 1 saturated carbocycles. The molecule has 3 aliphatic rings. The first kappa shape index (κ1) is 19.7. The van der Waals surface area contributed by atoms with Gasteiger partial charge in [0.05, 0.1) is 0 Å². The summed E-state index contributed by atoms with van der Waals surface area (Å²) >= 11 is 5.59. The normalized spacial score (nSPS) is 23.7. The third-order valence-electron chi connectivity index (χ3n) is 6.39. The molecule has 0 bridgehead atoms. The zero-order valence-corrected chi connectivity index (χ0v) is 17.9. The van der Waals surface area contributed by atoms with Crippen molar-refractivity contribution < 1.29 is 0 Å². The molecule has 4 rings (SSSR count). The minimum Gasteiger partial charge on any atom is -0.360 e. The molecule has 1 aromatic rings. The van der Waals surface area contributed by atoms with Crippen molar-refractivity contribution in [3.8, 4) is 0 Å². The van der Waals surface area contributed by atoms with Gasteiger partial charge in [-0.15, -0.1) is 0 Å². The molecule has 1 aliphatic carbocycles. The number of thiocarbonyl (C=S) groups is 1. The zero-order chi connectivity index (χ0) is 19.3. The molecule has 28 heavy (non-hydrogen) atoms. The van der Waals surface area contributed by atoms with Crippen LogP contribution in [0.4, 0.5) is 17.6 Å². The van der Waals surface area contributed by atoms with Gasteiger partial charge >= 0.3 is 0 Å². The molecule has 0 unspecified atom stereocenters. The molecule has 0 amide bonds. The van der Waals surface area contributed by atoms with Gasteiger partial charge in [0.2, 0.25) is 5.95 Å². The minimum atomic E-state index is 0.483. The first-order valence-corrected chi connectivity index (χ1v) is 11.6. The van der Waals surface area contributed by atoms with Gasteiger partial charge in [0.15, 0.2) is 5.11 Å². The maximum absolute atomic E-state index is 5.59. The first-order chi connectivity index (χ1) is 13.7. The second kappa shape index (κ2) is 9.25. The summed E-state index contributed by atoms with van der Waals surface area (Å²) in [7, 11) is 0. The Bertz CT molecular complexity index is 669. The topological polar surface area (TPSA) is 56.3 Å². The third-order valence-corrected chi connectivity index (χ3v) is 6.61.